The first-order chi connectivity index (χ1) is 11.1. The molecular weight excluding hydrogens is 389 g/mol. The number of rotatable bonds is 1. The Morgan fingerprint density at radius 1 is 1.04 bits per heavy atom. The molecule has 0 aromatic heterocycles. The summed E-state index contributed by atoms with van der Waals surface area (Å²) in [7, 11) is 0. The topological polar surface area (TPSA) is 56.8 Å². The highest BCUT2D eigenvalue weighted by atomic mass is 35.6. The van der Waals surface area contributed by atoms with E-state index in [1.54, 1.807) is 32.9 Å². The van der Waals surface area contributed by atoms with Gasteiger partial charge in [0.15, 0.2) is 11.5 Å². The maximum Gasteiger partial charge on any atom is 0.413 e. The monoisotopic (exact) mass is 409 g/mol. The van der Waals surface area contributed by atoms with Crippen molar-refractivity contribution in [2.24, 2.45) is 0 Å². The van der Waals surface area contributed by atoms with Crippen molar-refractivity contribution >= 4 is 40.9 Å². The second-order valence-electron chi connectivity index (χ2n) is 7.86. The second kappa shape index (κ2) is 6.29. The number of alkyl halides is 3. The van der Waals surface area contributed by atoms with Gasteiger partial charge in [-0.3, -0.25) is 0 Å². The van der Waals surface area contributed by atoms with E-state index in [1.807, 2.05) is 6.07 Å². The van der Waals surface area contributed by atoms with Crippen molar-refractivity contribution in [3.05, 3.63) is 23.8 Å². The summed E-state index contributed by atoms with van der Waals surface area (Å²) < 4.78 is 14.5. The average molecular weight is 411 g/mol. The molecule has 1 aliphatic heterocycles. The lowest BCUT2D eigenvalue weighted by molar-refractivity contribution is -0.103. The van der Waals surface area contributed by atoms with E-state index >= 15 is 0 Å². The lowest BCUT2D eigenvalue weighted by atomic mass is 9.87. The number of hydrogen-bond acceptors (Lipinski definition) is 4. The highest BCUT2D eigenvalue weighted by molar-refractivity contribution is 6.68. The van der Waals surface area contributed by atoms with Crippen LogP contribution >= 0.6 is 34.8 Å². The molecule has 0 radical (unpaired) electrons. The molecule has 0 bridgehead atoms. The smallest absolute Gasteiger partial charge is 0.413 e. The van der Waals surface area contributed by atoms with E-state index in [4.69, 9.17) is 49.0 Å². The van der Waals surface area contributed by atoms with Crippen molar-refractivity contribution in [2.45, 2.75) is 62.3 Å². The third-order valence-corrected chi connectivity index (χ3v) is 4.10. The molecule has 5 nitrogen and oxygen atoms in total. The van der Waals surface area contributed by atoms with E-state index in [0.29, 0.717) is 11.5 Å². The first-order valence-electron chi connectivity index (χ1n) is 7.73. The molecule has 2 rings (SSSR count). The Labute approximate surface area is 162 Å². The van der Waals surface area contributed by atoms with Crippen LogP contribution in [0.2, 0.25) is 0 Å². The molecular formula is C17H22Cl3NO4. The van der Waals surface area contributed by atoms with Gasteiger partial charge in [0.2, 0.25) is 0 Å². The summed E-state index contributed by atoms with van der Waals surface area (Å²) in [4.78, 5) is 12.2. The molecule has 0 fully saturated rings. The zero-order valence-corrected chi connectivity index (χ0v) is 17.3. The standard InChI is InChI=1S/C17H22Cl3NO4/c1-14(2,3)10-7-8-11-12(9-10)24-17(23-11,16(18,19)20)21-13(22)25-15(4,5)6/h7-9H,1-6H3,(H,21,22)/t17-/m1/s1. The molecule has 1 aromatic rings. The van der Waals surface area contributed by atoms with Crippen LogP contribution in [0.15, 0.2) is 18.2 Å². The zero-order valence-electron chi connectivity index (χ0n) is 15.0. The van der Waals surface area contributed by atoms with E-state index in [2.05, 4.69) is 26.1 Å². The number of halogens is 3. The molecule has 0 unspecified atom stereocenters. The highest BCUT2D eigenvalue weighted by Crippen LogP contribution is 2.49. The average Bonchev–Trinajstić information content (AvgIpc) is 2.72. The molecule has 1 aliphatic rings. The van der Waals surface area contributed by atoms with Gasteiger partial charge in [0.05, 0.1) is 0 Å². The lowest BCUT2D eigenvalue weighted by Gasteiger charge is -2.34. The van der Waals surface area contributed by atoms with Crippen molar-refractivity contribution in [3.63, 3.8) is 0 Å². The predicted octanol–water partition coefficient (Wildman–Crippen LogP) is 5.30. The number of hydrogen-bond donors (Lipinski definition) is 1. The largest absolute Gasteiger partial charge is 0.444 e. The molecule has 0 saturated carbocycles. The number of alkyl carbamates (subject to hydrolysis) is 1. The molecule has 140 valence electrons. The SMILES string of the molecule is CC(C)(C)OC(=O)N[C@]1(C(Cl)(Cl)Cl)Oc2ccc(C(C)(C)C)cc2O1. The van der Waals surface area contributed by atoms with Gasteiger partial charge in [-0.2, -0.15) is 0 Å². The molecule has 0 saturated heterocycles. The number of ether oxygens (including phenoxy) is 3. The van der Waals surface area contributed by atoms with Gasteiger partial charge in [-0.15, -0.1) is 0 Å². The van der Waals surface area contributed by atoms with Gasteiger partial charge < -0.3 is 14.2 Å². The van der Waals surface area contributed by atoms with Crippen LogP contribution < -0.4 is 14.8 Å². The first kappa shape index (κ1) is 20.3. The molecule has 0 spiro atoms. The van der Waals surface area contributed by atoms with Crippen LogP contribution in [0.5, 0.6) is 11.5 Å². The molecule has 0 aliphatic carbocycles. The Morgan fingerprint density at radius 3 is 2.08 bits per heavy atom. The number of fused-ring (bicyclic) bond motifs is 1. The van der Waals surface area contributed by atoms with Crippen molar-refractivity contribution in [2.75, 3.05) is 0 Å². The molecule has 1 atom stereocenters. The Hall–Kier alpha value is -1.04. The molecule has 1 amide bonds. The third-order valence-electron chi connectivity index (χ3n) is 3.36. The Balaban J connectivity index is 2.33. The van der Waals surface area contributed by atoms with Gasteiger partial charge in [0.25, 0.3) is 3.79 Å². The van der Waals surface area contributed by atoms with Crippen LogP contribution in [0.3, 0.4) is 0 Å². The van der Waals surface area contributed by atoms with Gasteiger partial charge in [-0.05, 0) is 43.9 Å². The van der Waals surface area contributed by atoms with E-state index in [1.165, 1.54) is 0 Å². The number of carbonyl (C=O) groups excluding carboxylic acids is 1. The summed E-state index contributed by atoms with van der Waals surface area (Å²) in [5.41, 5.74) is 0.165. The van der Waals surface area contributed by atoms with Gasteiger partial charge in [-0.1, -0.05) is 61.6 Å². The van der Waals surface area contributed by atoms with Crippen LogP contribution in [0.4, 0.5) is 4.79 Å². The first-order valence-corrected chi connectivity index (χ1v) is 8.87. The Bertz CT molecular complexity index is 674. The summed E-state index contributed by atoms with van der Waals surface area (Å²) in [6, 6.07) is 5.40. The van der Waals surface area contributed by atoms with Crippen LogP contribution in [-0.2, 0) is 10.2 Å². The molecule has 1 heterocycles. The fourth-order valence-electron chi connectivity index (χ4n) is 2.14. The molecule has 1 aromatic carbocycles. The molecule has 25 heavy (non-hydrogen) atoms. The normalized spacial score (nSPS) is 20.4. The van der Waals surface area contributed by atoms with Crippen LogP contribution in [-0.4, -0.2) is 21.4 Å². The summed E-state index contributed by atoms with van der Waals surface area (Å²) in [5.74, 6) is -1.30. The van der Waals surface area contributed by atoms with E-state index in [0.717, 1.165) is 5.56 Å². The van der Waals surface area contributed by atoms with E-state index in [9.17, 15) is 4.79 Å². The number of nitrogens with one attached hydrogen (secondary N) is 1. The number of carbonyl (C=O) groups is 1. The maximum atomic E-state index is 12.2. The van der Waals surface area contributed by atoms with Gasteiger partial charge in [0.1, 0.15) is 5.60 Å². The van der Waals surface area contributed by atoms with Crippen molar-refractivity contribution in [1.29, 1.82) is 0 Å². The predicted molar refractivity (Wildman–Crippen MR) is 98.8 cm³/mol. The van der Waals surface area contributed by atoms with Crippen molar-refractivity contribution < 1.29 is 19.0 Å². The number of benzene rings is 1. The highest BCUT2D eigenvalue weighted by Gasteiger charge is 2.60. The quantitative estimate of drug-likeness (QED) is 0.638. The molecule has 1 N–H and O–H groups in total. The van der Waals surface area contributed by atoms with E-state index in [-0.39, 0.29) is 5.41 Å². The van der Waals surface area contributed by atoms with Gasteiger partial charge >= 0.3 is 12.0 Å². The van der Waals surface area contributed by atoms with Crippen molar-refractivity contribution in [3.8, 4) is 11.5 Å². The summed E-state index contributed by atoms with van der Waals surface area (Å²) in [6.45, 7) is 11.3. The second-order valence-corrected chi connectivity index (χ2v) is 10.1. The van der Waals surface area contributed by atoms with Gasteiger partial charge in [0, 0.05) is 0 Å². The summed E-state index contributed by atoms with van der Waals surface area (Å²) in [5, 5.41) is 2.39. The summed E-state index contributed by atoms with van der Waals surface area (Å²) >= 11 is 18.1. The Morgan fingerprint density at radius 2 is 1.60 bits per heavy atom. The van der Waals surface area contributed by atoms with Crippen LogP contribution in [0.25, 0.3) is 0 Å². The van der Waals surface area contributed by atoms with Gasteiger partial charge in [-0.25, -0.2) is 10.1 Å². The lowest BCUT2D eigenvalue weighted by Crippen LogP contribution is -2.64. The summed E-state index contributed by atoms with van der Waals surface area (Å²) in [6.07, 6.45) is -0.831. The minimum atomic E-state index is -2.11. The molecule has 8 heteroatoms. The fraction of sp³-hybridized carbons (Fsp3) is 0.588. The van der Waals surface area contributed by atoms with E-state index < -0.39 is 21.4 Å². The third kappa shape index (κ3) is 4.57. The minimum Gasteiger partial charge on any atom is -0.444 e. The fourth-order valence-corrected chi connectivity index (χ4v) is 2.52. The van der Waals surface area contributed by atoms with Crippen LogP contribution in [0, 0.1) is 0 Å². The minimum absolute atomic E-state index is 0.109. The van der Waals surface area contributed by atoms with Crippen molar-refractivity contribution in [1.82, 2.24) is 5.32 Å². The van der Waals surface area contributed by atoms with Crippen LogP contribution in [0.1, 0.15) is 47.1 Å². The Kier molecular flexibility index (Phi) is 5.10. The zero-order chi connectivity index (χ0) is 19.3. The maximum absolute atomic E-state index is 12.2. The number of amides is 1.